The zero-order valence-electron chi connectivity index (χ0n) is 13.5. The molecule has 1 aromatic carbocycles. The molecule has 1 aromatic rings. The van der Waals surface area contributed by atoms with E-state index in [-0.39, 0.29) is 18.6 Å². The van der Waals surface area contributed by atoms with Gasteiger partial charge in [-0.25, -0.2) is 0 Å². The number of carboxylic acids is 1. The first-order valence-corrected chi connectivity index (χ1v) is 7.80. The maximum atomic E-state index is 12.3. The van der Waals surface area contributed by atoms with Crippen LogP contribution in [-0.4, -0.2) is 54.8 Å². The molecule has 1 N–H and O–H groups in total. The smallest absolute Gasteiger partial charge is 0.308 e. The van der Waals surface area contributed by atoms with Gasteiger partial charge in [-0.1, -0.05) is 6.92 Å². The summed E-state index contributed by atoms with van der Waals surface area (Å²) in [5.41, 5.74) is 0.509. The first-order chi connectivity index (χ1) is 11.0. The van der Waals surface area contributed by atoms with E-state index in [4.69, 9.17) is 14.6 Å². The van der Waals surface area contributed by atoms with E-state index in [0.29, 0.717) is 17.9 Å². The van der Waals surface area contributed by atoms with Crippen molar-refractivity contribution in [2.45, 2.75) is 25.9 Å². The number of amides is 1. The van der Waals surface area contributed by atoms with E-state index in [1.165, 1.54) is 4.90 Å². The fourth-order valence-corrected chi connectivity index (χ4v) is 2.45. The minimum absolute atomic E-state index is 0.153. The molecule has 0 radical (unpaired) electrons. The molecule has 0 aliphatic carbocycles. The van der Waals surface area contributed by atoms with Gasteiger partial charge in [0.2, 0.25) is 0 Å². The topological polar surface area (TPSA) is 76.1 Å². The lowest BCUT2D eigenvalue weighted by Crippen LogP contribution is -2.33. The SMILES string of the molecule is C[C@@H](CN(C)C(=O)c1ccc(OC[C@@H]2CCCO2)cc1)C(=O)O. The summed E-state index contributed by atoms with van der Waals surface area (Å²) >= 11 is 0. The Hall–Kier alpha value is -2.08. The quantitative estimate of drug-likeness (QED) is 0.831. The number of hydrogen-bond donors (Lipinski definition) is 1. The highest BCUT2D eigenvalue weighted by atomic mass is 16.5. The number of carbonyl (C=O) groups excluding carboxylic acids is 1. The van der Waals surface area contributed by atoms with Crippen molar-refractivity contribution >= 4 is 11.9 Å². The second-order valence-electron chi connectivity index (χ2n) is 5.90. The lowest BCUT2D eigenvalue weighted by Gasteiger charge is -2.19. The van der Waals surface area contributed by atoms with Crippen molar-refractivity contribution in [3.63, 3.8) is 0 Å². The van der Waals surface area contributed by atoms with Crippen LogP contribution in [-0.2, 0) is 9.53 Å². The lowest BCUT2D eigenvalue weighted by molar-refractivity contribution is -0.141. The Balaban J connectivity index is 1.87. The second kappa shape index (κ2) is 7.97. The zero-order chi connectivity index (χ0) is 16.8. The normalized spacial score (nSPS) is 18.4. The first-order valence-electron chi connectivity index (χ1n) is 7.80. The van der Waals surface area contributed by atoms with E-state index in [2.05, 4.69) is 0 Å². The molecule has 126 valence electrons. The number of carbonyl (C=O) groups is 2. The average molecular weight is 321 g/mol. The molecule has 2 rings (SSSR count). The summed E-state index contributed by atoms with van der Waals surface area (Å²) in [7, 11) is 1.60. The van der Waals surface area contributed by atoms with Crippen molar-refractivity contribution in [1.29, 1.82) is 0 Å². The highest BCUT2D eigenvalue weighted by molar-refractivity contribution is 5.94. The summed E-state index contributed by atoms with van der Waals surface area (Å²) in [6.07, 6.45) is 2.24. The molecule has 1 heterocycles. The molecule has 0 bridgehead atoms. The number of rotatable bonds is 7. The summed E-state index contributed by atoms with van der Waals surface area (Å²) < 4.78 is 11.1. The Kier molecular flexibility index (Phi) is 5.98. The molecule has 1 amide bonds. The summed E-state index contributed by atoms with van der Waals surface area (Å²) in [5.74, 6) is -1.03. The van der Waals surface area contributed by atoms with Crippen LogP contribution in [0.4, 0.5) is 0 Å². The van der Waals surface area contributed by atoms with Gasteiger partial charge in [-0.15, -0.1) is 0 Å². The Morgan fingerprint density at radius 2 is 2.09 bits per heavy atom. The van der Waals surface area contributed by atoms with Gasteiger partial charge in [0.05, 0.1) is 12.0 Å². The van der Waals surface area contributed by atoms with E-state index < -0.39 is 11.9 Å². The van der Waals surface area contributed by atoms with Crippen molar-refractivity contribution in [2.75, 3.05) is 26.8 Å². The number of hydrogen-bond acceptors (Lipinski definition) is 4. The largest absolute Gasteiger partial charge is 0.491 e. The van der Waals surface area contributed by atoms with Crippen LogP contribution in [0.3, 0.4) is 0 Å². The number of ether oxygens (including phenoxy) is 2. The van der Waals surface area contributed by atoms with Gasteiger partial charge < -0.3 is 19.5 Å². The van der Waals surface area contributed by atoms with Gasteiger partial charge in [-0.2, -0.15) is 0 Å². The summed E-state index contributed by atoms with van der Waals surface area (Å²) in [4.78, 5) is 24.5. The molecule has 6 heteroatoms. The minimum atomic E-state index is -0.914. The Morgan fingerprint density at radius 1 is 1.39 bits per heavy atom. The van der Waals surface area contributed by atoms with Crippen LogP contribution < -0.4 is 4.74 Å². The predicted molar refractivity (Wildman–Crippen MR) is 84.7 cm³/mol. The lowest BCUT2D eigenvalue weighted by atomic mass is 10.1. The number of aliphatic carboxylic acids is 1. The van der Waals surface area contributed by atoms with Crippen LogP contribution in [0.1, 0.15) is 30.1 Å². The molecular formula is C17H23NO5. The van der Waals surface area contributed by atoms with E-state index in [1.54, 1.807) is 38.2 Å². The second-order valence-corrected chi connectivity index (χ2v) is 5.90. The zero-order valence-corrected chi connectivity index (χ0v) is 13.5. The Morgan fingerprint density at radius 3 is 2.65 bits per heavy atom. The standard InChI is InChI=1S/C17H23NO5/c1-12(17(20)21)10-18(2)16(19)13-5-7-14(8-6-13)23-11-15-4-3-9-22-15/h5-8,12,15H,3-4,9-11H2,1-2H3,(H,20,21)/t12-,15-/m0/s1. The number of carboxylic acid groups (broad SMARTS) is 1. The monoisotopic (exact) mass is 321 g/mol. The van der Waals surface area contributed by atoms with Crippen LogP contribution >= 0.6 is 0 Å². The van der Waals surface area contributed by atoms with Gasteiger partial charge in [0.15, 0.2) is 0 Å². The van der Waals surface area contributed by atoms with Gasteiger partial charge in [-0.05, 0) is 37.1 Å². The Labute approximate surface area is 136 Å². The molecule has 23 heavy (non-hydrogen) atoms. The number of benzene rings is 1. The molecule has 1 aliphatic rings. The summed E-state index contributed by atoms with van der Waals surface area (Å²) in [6.45, 7) is 3.06. The number of nitrogens with zero attached hydrogens (tertiary/aromatic N) is 1. The average Bonchev–Trinajstić information content (AvgIpc) is 3.06. The highest BCUT2D eigenvalue weighted by Crippen LogP contribution is 2.17. The summed E-state index contributed by atoms with van der Waals surface area (Å²) in [6, 6.07) is 6.87. The predicted octanol–water partition coefficient (Wildman–Crippen LogP) is 2.04. The van der Waals surface area contributed by atoms with Gasteiger partial charge in [-0.3, -0.25) is 9.59 Å². The van der Waals surface area contributed by atoms with E-state index >= 15 is 0 Å². The van der Waals surface area contributed by atoms with Crippen molar-refractivity contribution in [1.82, 2.24) is 4.90 Å². The van der Waals surface area contributed by atoms with Crippen molar-refractivity contribution < 1.29 is 24.2 Å². The maximum absolute atomic E-state index is 12.3. The highest BCUT2D eigenvalue weighted by Gasteiger charge is 2.19. The molecule has 1 fully saturated rings. The molecular weight excluding hydrogens is 298 g/mol. The van der Waals surface area contributed by atoms with Crippen LogP contribution in [0.5, 0.6) is 5.75 Å². The summed E-state index contributed by atoms with van der Waals surface area (Å²) in [5, 5.41) is 8.90. The molecule has 0 aromatic heterocycles. The molecule has 2 atom stereocenters. The van der Waals surface area contributed by atoms with Gasteiger partial charge in [0.1, 0.15) is 12.4 Å². The van der Waals surface area contributed by atoms with E-state index in [9.17, 15) is 9.59 Å². The fraction of sp³-hybridized carbons (Fsp3) is 0.529. The van der Waals surface area contributed by atoms with Crippen LogP contribution in [0, 0.1) is 5.92 Å². The molecule has 0 spiro atoms. The first kappa shape index (κ1) is 17.3. The third-order valence-electron chi connectivity index (χ3n) is 3.88. The van der Waals surface area contributed by atoms with Crippen molar-refractivity contribution in [3.05, 3.63) is 29.8 Å². The van der Waals surface area contributed by atoms with Gasteiger partial charge >= 0.3 is 5.97 Å². The molecule has 1 saturated heterocycles. The van der Waals surface area contributed by atoms with Crippen molar-refractivity contribution in [2.24, 2.45) is 5.92 Å². The molecule has 1 aliphatic heterocycles. The molecule has 6 nitrogen and oxygen atoms in total. The van der Waals surface area contributed by atoms with Crippen LogP contribution in [0.25, 0.3) is 0 Å². The fourth-order valence-electron chi connectivity index (χ4n) is 2.45. The Bertz CT molecular complexity index is 536. The maximum Gasteiger partial charge on any atom is 0.308 e. The van der Waals surface area contributed by atoms with Gasteiger partial charge in [0, 0.05) is 25.8 Å². The van der Waals surface area contributed by atoms with Crippen molar-refractivity contribution in [3.8, 4) is 5.75 Å². The van der Waals surface area contributed by atoms with Crippen LogP contribution in [0.15, 0.2) is 24.3 Å². The third kappa shape index (κ3) is 4.96. The molecule has 0 unspecified atom stereocenters. The van der Waals surface area contributed by atoms with E-state index in [0.717, 1.165) is 19.4 Å². The third-order valence-corrected chi connectivity index (χ3v) is 3.88. The van der Waals surface area contributed by atoms with Crippen LogP contribution in [0.2, 0.25) is 0 Å². The van der Waals surface area contributed by atoms with Gasteiger partial charge in [0.25, 0.3) is 5.91 Å². The van der Waals surface area contributed by atoms with E-state index in [1.807, 2.05) is 0 Å². The molecule has 0 saturated carbocycles. The minimum Gasteiger partial charge on any atom is -0.491 e.